The van der Waals surface area contributed by atoms with Gasteiger partial charge in [0.05, 0.1) is 0 Å². The molecule has 1 aromatic heterocycles. The number of rotatable bonds is 8. The molecule has 0 saturated carbocycles. The van der Waals surface area contributed by atoms with Gasteiger partial charge >= 0.3 is 0 Å². The van der Waals surface area contributed by atoms with Crippen molar-refractivity contribution >= 4 is 29.2 Å². The fourth-order valence-corrected chi connectivity index (χ4v) is 2.23. The van der Waals surface area contributed by atoms with Gasteiger partial charge in [0.1, 0.15) is 17.3 Å². The van der Waals surface area contributed by atoms with E-state index in [0.29, 0.717) is 5.15 Å². The lowest BCUT2D eigenvalue weighted by Crippen LogP contribution is -2.09. The molecule has 0 spiro atoms. The van der Waals surface area contributed by atoms with Crippen LogP contribution in [0.3, 0.4) is 0 Å². The Morgan fingerprint density at radius 2 is 2.35 bits per heavy atom. The van der Waals surface area contributed by atoms with E-state index in [1.54, 1.807) is 0 Å². The van der Waals surface area contributed by atoms with E-state index in [2.05, 4.69) is 28.8 Å². The van der Waals surface area contributed by atoms with Crippen LogP contribution in [0.5, 0.6) is 0 Å². The monoisotopic (exact) mass is 271 g/mol. The zero-order chi connectivity index (χ0) is 12.5. The molecule has 1 heterocycles. The Morgan fingerprint density at radius 3 is 3.06 bits per heavy atom. The van der Waals surface area contributed by atoms with E-state index in [1.165, 1.54) is 6.33 Å². The third-order valence-corrected chi connectivity index (χ3v) is 3.46. The van der Waals surface area contributed by atoms with Crippen molar-refractivity contribution in [2.24, 2.45) is 0 Å². The van der Waals surface area contributed by atoms with E-state index in [-0.39, 0.29) is 0 Å². The van der Waals surface area contributed by atoms with Crippen LogP contribution in [0.1, 0.15) is 18.9 Å². The molecule has 0 aliphatic heterocycles. The molecule has 0 unspecified atom stereocenters. The smallest absolute Gasteiger partial charge is 0.137 e. The maximum atomic E-state index is 6.06. The second-order valence-corrected chi connectivity index (χ2v) is 5.04. The van der Waals surface area contributed by atoms with Crippen LogP contribution in [0.25, 0.3) is 0 Å². The highest BCUT2D eigenvalue weighted by atomic mass is 35.5. The predicted octanol–water partition coefficient (Wildman–Crippen LogP) is 3.41. The Bertz CT molecular complexity index is 358. The van der Waals surface area contributed by atoms with E-state index in [4.69, 9.17) is 11.6 Å². The number of nitrogens with one attached hydrogen (secondary N) is 1. The largest absolute Gasteiger partial charge is 0.369 e. The molecular formula is C12H18ClN3S. The lowest BCUT2D eigenvalue weighted by molar-refractivity contribution is 0.899. The summed E-state index contributed by atoms with van der Waals surface area (Å²) in [7, 11) is 0. The number of nitrogens with zero attached hydrogens (tertiary/aromatic N) is 2. The van der Waals surface area contributed by atoms with Crippen molar-refractivity contribution in [1.29, 1.82) is 0 Å². The van der Waals surface area contributed by atoms with Gasteiger partial charge in [0.25, 0.3) is 0 Å². The normalized spacial score (nSPS) is 10.2. The SMILES string of the molecule is C=CCSCCNc1ncnc(Cl)c1CCC. The van der Waals surface area contributed by atoms with Crippen LogP contribution in [-0.2, 0) is 6.42 Å². The average Bonchev–Trinajstić information content (AvgIpc) is 2.33. The fourth-order valence-electron chi connectivity index (χ4n) is 1.42. The number of halogens is 1. The van der Waals surface area contributed by atoms with Gasteiger partial charge in [-0.05, 0) is 6.42 Å². The molecule has 1 rings (SSSR count). The minimum Gasteiger partial charge on any atom is -0.369 e. The van der Waals surface area contributed by atoms with Gasteiger partial charge < -0.3 is 5.32 Å². The van der Waals surface area contributed by atoms with Crippen molar-refractivity contribution in [3.63, 3.8) is 0 Å². The summed E-state index contributed by atoms with van der Waals surface area (Å²) in [5.41, 5.74) is 1.02. The first kappa shape index (κ1) is 14.3. The van der Waals surface area contributed by atoms with Gasteiger partial charge in [0.2, 0.25) is 0 Å². The van der Waals surface area contributed by atoms with Crippen molar-refractivity contribution < 1.29 is 0 Å². The summed E-state index contributed by atoms with van der Waals surface area (Å²) in [5.74, 6) is 2.87. The quantitative estimate of drug-likeness (QED) is 0.447. The Balaban J connectivity index is 2.51. The van der Waals surface area contributed by atoms with Crippen molar-refractivity contribution in [2.75, 3.05) is 23.4 Å². The molecule has 5 heteroatoms. The van der Waals surface area contributed by atoms with E-state index in [1.807, 2.05) is 17.8 Å². The standard InChI is InChI=1S/C12H18ClN3S/c1-3-5-10-11(13)15-9-16-12(10)14-6-8-17-7-4-2/h4,9H,2-3,5-8H2,1H3,(H,14,15,16). The number of hydrogen-bond donors (Lipinski definition) is 1. The number of anilines is 1. The van der Waals surface area contributed by atoms with Crippen molar-refractivity contribution in [3.8, 4) is 0 Å². The van der Waals surface area contributed by atoms with Gasteiger partial charge in [-0.15, -0.1) is 6.58 Å². The minimum absolute atomic E-state index is 0.558. The highest BCUT2D eigenvalue weighted by molar-refractivity contribution is 7.99. The van der Waals surface area contributed by atoms with Gasteiger partial charge in [-0.25, -0.2) is 9.97 Å². The molecule has 0 radical (unpaired) electrons. The van der Waals surface area contributed by atoms with Crippen molar-refractivity contribution in [3.05, 3.63) is 29.7 Å². The molecule has 0 amide bonds. The van der Waals surface area contributed by atoms with Gasteiger partial charge in [0, 0.05) is 23.6 Å². The Hall–Kier alpha value is -0.740. The maximum absolute atomic E-state index is 6.06. The Labute approximate surface area is 112 Å². The Kier molecular flexibility index (Phi) is 7.05. The first-order valence-electron chi connectivity index (χ1n) is 5.71. The summed E-state index contributed by atoms with van der Waals surface area (Å²) in [6.07, 6.45) is 5.35. The molecule has 0 fully saturated rings. The maximum Gasteiger partial charge on any atom is 0.137 e. The molecule has 0 aliphatic rings. The second-order valence-electron chi connectivity index (χ2n) is 3.53. The molecule has 3 nitrogen and oxygen atoms in total. The molecule has 0 aliphatic carbocycles. The van der Waals surface area contributed by atoms with Gasteiger partial charge in [-0.1, -0.05) is 31.0 Å². The lowest BCUT2D eigenvalue weighted by Gasteiger charge is -2.10. The second kappa shape index (κ2) is 8.37. The molecule has 1 N–H and O–H groups in total. The van der Waals surface area contributed by atoms with E-state index in [0.717, 1.165) is 42.3 Å². The summed E-state index contributed by atoms with van der Waals surface area (Å²) < 4.78 is 0. The summed E-state index contributed by atoms with van der Waals surface area (Å²) >= 11 is 7.90. The molecule has 0 atom stereocenters. The molecule has 0 saturated heterocycles. The molecule has 94 valence electrons. The van der Waals surface area contributed by atoms with Crippen LogP contribution in [0, 0.1) is 0 Å². The van der Waals surface area contributed by atoms with E-state index >= 15 is 0 Å². The van der Waals surface area contributed by atoms with E-state index < -0.39 is 0 Å². The zero-order valence-electron chi connectivity index (χ0n) is 10.1. The first-order chi connectivity index (χ1) is 8.29. The summed E-state index contributed by atoms with van der Waals surface area (Å²) in [5, 5.41) is 3.87. The topological polar surface area (TPSA) is 37.8 Å². The summed E-state index contributed by atoms with van der Waals surface area (Å²) in [6, 6.07) is 0. The highest BCUT2D eigenvalue weighted by Crippen LogP contribution is 2.21. The zero-order valence-corrected chi connectivity index (χ0v) is 11.7. The van der Waals surface area contributed by atoms with Crippen LogP contribution in [0.4, 0.5) is 5.82 Å². The first-order valence-corrected chi connectivity index (χ1v) is 7.24. The number of thioether (sulfide) groups is 1. The van der Waals surface area contributed by atoms with Crippen LogP contribution in [0.2, 0.25) is 5.15 Å². The summed E-state index contributed by atoms with van der Waals surface area (Å²) in [4.78, 5) is 8.25. The van der Waals surface area contributed by atoms with Gasteiger partial charge in [0.15, 0.2) is 0 Å². The number of hydrogen-bond acceptors (Lipinski definition) is 4. The van der Waals surface area contributed by atoms with Crippen molar-refractivity contribution in [2.45, 2.75) is 19.8 Å². The van der Waals surface area contributed by atoms with E-state index in [9.17, 15) is 0 Å². The minimum atomic E-state index is 0.558. The van der Waals surface area contributed by atoms with Gasteiger partial charge in [-0.3, -0.25) is 0 Å². The van der Waals surface area contributed by atoms with Crippen LogP contribution in [-0.4, -0.2) is 28.0 Å². The molecule has 0 aromatic carbocycles. The van der Waals surface area contributed by atoms with Gasteiger partial charge in [-0.2, -0.15) is 11.8 Å². The molecule has 17 heavy (non-hydrogen) atoms. The molecule has 1 aromatic rings. The third-order valence-electron chi connectivity index (χ3n) is 2.17. The highest BCUT2D eigenvalue weighted by Gasteiger charge is 2.08. The number of aromatic nitrogens is 2. The third kappa shape index (κ3) is 4.96. The molecule has 0 bridgehead atoms. The van der Waals surface area contributed by atoms with Crippen molar-refractivity contribution in [1.82, 2.24) is 9.97 Å². The van der Waals surface area contributed by atoms with Crippen LogP contribution >= 0.6 is 23.4 Å². The predicted molar refractivity (Wildman–Crippen MR) is 77.0 cm³/mol. The average molecular weight is 272 g/mol. The molecular weight excluding hydrogens is 254 g/mol. The van der Waals surface area contributed by atoms with Crippen LogP contribution in [0.15, 0.2) is 19.0 Å². The summed E-state index contributed by atoms with van der Waals surface area (Å²) in [6.45, 7) is 6.68. The van der Waals surface area contributed by atoms with Crippen LogP contribution < -0.4 is 5.32 Å². The fraction of sp³-hybridized carbons (Fsp3) is 0.500. The Morgan fingerprint density at radius 1 is 1.53 bits per heavy atom. The lowest BCUT2D eigenvalue weighted by atomic mass is 10.2.